The van der Waals surface area contributed by atoms with E-state index >= 15 is 0 Å². The van der Waals surface area contributed by atoms with Crippen molar-refractivity contribution in [3.8, 4) is 0 Å². The van der Waals surface area contributed by atoms with E-state index in [2.05, 4.69) is 31.7 Å². The predicted molar refractivity (Wildman–Crippen MR) is 98.3 cm³/mol. The molecule has 132 valence electrons. The van der Waals surface area contributed by atoms with Crippen molar-refractivity contribution in [3.05, 3.63) is 34.2 Å². The van der Waals surface area contributed by atoms with Gasteiger partial charge in [0.1, 0.15) is 0 Å². The smallest absolute Gasteiger partial charge is 0.250 e. The first-order chi connectivity index (χ1) is 11.4. The fraction of sp³-hybridized carbons (Fsp3) is 0.762. The SMILES string of the molecule is CC(C)(C)C1CCC(N2C[C@@H]3C[C@@H](C2)c2cccc(=O)n2C3)CC1. The van der Waals surface area contributed by atoms with Crippen LogP contribution >= 0.6 is 0 Å². The van der Waals surface area contributed by atoms with Gasteiger partial charge in [0.15, 0.2) is 0 Å². The molecule has 2 aliphatic heterocycles. The van der Waals surface area contributed by atoms with Crippen LogP contribution in [-0.4, -0.2) is 28.6 Å². The Morgan fingerprint density at radius 3 is 2.46 bits per heavy atom. The number of pyridine rings is 1. The normalized spacial score (nSPS) is 34.0. The van der Waals surface area contributed by atoms with Crippen molar-refractivity contribution in [1.29, 1.82) is 0 Å². The molecule has 3 heteroatoms. The number of likely N-dealkylation sites (tertiary alicyclic amines) is 1. The molecule has 0 aromatic carbocycles. The van der Waals surface area contributed by atoms with Gasteiger partial charge in [-0.05, 0) is 55.4 Å². The first-order valence-electron chi connectivity index (χ1n) is 9.85. The highest BCUT2D eigenvalue weighted by Crippen LogP contribution is 2.42. The van der Waals surface area contributed by atoms with Gasteiger partial charge in [0, 0.05) is 43.4 Å². The van der Waals surface area contributed by atoms with Crippen molar-refractivity contribution in [2.24, 2.45) is 17.3 Å². The lowest BCUT2D eigenvalue weighted by molar-refractivity contribution is 0.0427. The number of rotatable bonds is 1. The van der Waals surface area contributed by atoms with Crippen molar-refractivity contribution in [2.75, 3.05) is 13.1 Å². The van der Waals surface area contributed by atoms with E-state index < -0.39 is 0 Å². The van der Waals surface area contributed by atoms with E-state index in [0.29, 0.717) is 17.3 Å². The van der Waals surface area contributed by atoms with E-state index in [1.807, 2.05) is 10.6 Å². The summed E-state index contributed by atoms with van der Waals surface area (Å²) < 4.78 is 2.05. The lowest BCUT2D eigenvalue weighted by atomic mass is 9.70. The highest BCUT2D eigenvalue weighted by atomic mass is 16.1. The van der Waals surface area contributed by atoms with Crippen molar-refractivity contribution < 1.29 is 0 Å². The predicted octanol–water partition coefficient (Wildman–Crippen LogP) is 3.87. The fourth-order valence-corrected chi connectivity index (χ4v) is 5.54. The zero-order valence-corrected chi connectivity index (χ0v) is 15.5. The standard InChI is InChI=1S/C21H32N2O/c1-21(2,3)17-7-9-18(10-8-17)22-12-15-11-16(14-22)19-5-4-6-20(24)23(19)13-15/h4-6,15-18H,7-14H2,1-3H3/t15-,16-,17?,18?/m0/s1. The van der Waals surface area contributed by atoms with Crippen LogP contribution in [0.5, 0.6) is 0 Å². The van der Waals surface area contributed by atoms with E-state index in [-0.39, 0.29) is 5.56 Å². The molecule has 0 N–H and O–H groups in total. The lowest BCUT2D eigenvalue weighted by Gasteiger charge is -2.48. The van der Waals surface area contributed by atoms with Crippen LogP contribution in [0, 0.1) is 17.3 Å². The average Bonchev–Trinajstić information content (AvgIpc) is 2.55. The number of aromatic nitrogens is 1. The number of nitrogens with zero attached hydrogens (tertiary/aromatic N) is 2. The minimum Gasteiger partial charge on any atom is -0.312 e. The topological polar surface area (TPSA) is 25.2 Å². The van der Waals surface area contributed by atoms with Crippen LogP contribution in [0.3, 0.4) is 0 Å². The maximum atomic E-state index is 12.2. The fourth-order valence-electron chi connectivity index (χ4n) is 5.54. The van der Waals surface area contributed by atoms with Crippen LogP contribution in [0.15, 0.2) is 23.0 Å². The maximum Gasteiger partial charge on any atom is 0.250 e. The number of fused-ring (bicyclic) bond motifs is 4. The summed E-state index contributed by atoms with van der Waals surface area (Å²) in [7, 11) is 0. The molecule has 1 aliphatic carbocycles. The molecule has 4 rings (SSSR count). The van der Waals surface area contributed by atoms with Crippen LogP contribution in [0.1, 0.15) is 64.5 Å². The Balaban J connectivity index is 1.46. The summed E-state index contributed by atoms with van der Waals surface area (Å²) >= 11 is 0. The van der Waals surface area contributed by atoms with Gasteiger partial charge in [0.05, 0.1) is 0 Å². The third kappa shape index (κ3) is 2.96. The van der Waals surface area contributed by atoms with Gasteiger partial charge in [-0.1, -0.05) is 26.8 Å². The van der Waals surface area contributed by atoms with E-state index in [1.54, 1.807) is 6.07 Å². The minimum absolute atomic E-state index is 0.196. The summed E-state index contributed by atoms with van der Waals surface area (Å²) in [6.07, 6.45) is 6.77. The Labute approximate surface area is 146 Å². The molecular formula is C21H32N2O. The Bertz CT molecular complexity index is 649. The Morgan fingerprint density at radius 1 is 1.00 bits per heavy atom. The van der Waals surface area contributed by atoms with E-state index in [4.69, 9.17) is 0 Å². The molecule has 1 aromatic rings. The van der Waals surface area contributed by atoms with Crippen LogP contribution in [-0.2, 0) is 6.54 Å². The van der Waals surface area contributed by atoms with Crippen molar-refractivity contribution in [2.45, 2.75) is 71.4 Å². The maximum absolute atomic E-state index is 12.2. The summed E-state index contributed by atoms with van der Waals surface area (Å²) in [5.41, 5.74) is 1.94. The van der Waals surface area contributed by atoms with Crippen molar-refractivity contribution in [1.82, 2.24) is 9.47 Å². The summed E-state index contributed by atoms with van der Waals surface area (Å²) in [5, 5.41) is 0. The molecule has 1 saturated carbocycles. The molecule has 3 nitrogen and oxygen atoms in total. The van der Waals surface area contributed by atoms with Gasteiger partial charge < -0.3 is 4.57 Å². The van der Waals surface area contributed by atoms with Gasteiger partial charge in [0.25, 0.3) is 5.56 Å². The molecule has 3 aliphatic rings. The van der Waals surface area contributed by atoms with E-state index in [1.165, 1.54) is 44.3 Å². The van der Waals surface area contributed by atoms with E-state index in [9.17, 15) is 4.79 Å². The molecule has 24 heavy (non-hydrogen) atoms. The summed E-state index contributed by atoms with van der Waals surface area (Å²) in [5.74, 6) is 2.11. The Hall–Kier alpha value is -1.09. The summed E-state index contributed by atoms with van der Waals surface area (Å²) in [6.45, 7) is 10.5. The van der Waals surface area contributed by atoms with Crippen LogP contribution in [0.2, 0.25) is 0 Å². The third-order valence-corrected chi connectivity index (χ3v) is 6.95. The Morgan fingerprint density at radius 2 is 1.75 bits per heavy atom. The second kappa shape index (κ2) is 6.01. The van der Waals surface area contributed by atoms with Crippen LogP contribution in [0.25, 0.3) is 0 Å². The van der Waals surface area contributed by atoms with Crippen molar-refractivity contribution in [3.63, 3.8) is 0 Å². The van der Waals surface area contributed by atoms with Gasteiger partial charge in [-0.2, -0.15) is 0 Å². The molecule has 2 fully saturated rings. The second-order valence-electron chi connectivity index (χ2n) is 9.52. The molecule has 0 unspecified atom stereocenters. The Kier molecular flexibility index (Phi) is 4.11. The monoisotopic (exact) mass is 328 g/mol. The molecule has 2 bridgehead atoms. The largest absolute Gasteiger partial charge is 0.312 e. The average molecular weight is 329 g/mol. The van der Waals surface area contributed by atoms with Crippen LogP contribution in [0.4, 0.5) is 0 Å². The number of hydrogen-bond acceptors (Lipinski definition) is 2. The zero-order valence-electron chi connectivity index (χ0n) is 15.5. The molecule has 0 radical (unpaired) electrons. The van der Waals surface area contributed by atoms with E-state index in [0.717, 1.165) is 25.0 Å². The van der Waals surface area contributed by atoms with Crippen molar-refractivity contribution >= 4 is 0 Å². The molecule has 0 spiro atoms. The molecule has 1 saturated heterocycles. The van der Waals surface area contributed by atoms with Gasteiger partial charge >= 0.3 is 0 Å². The lowest BCUT2D eigenvalue weighted by Crippen LogP contribution is -2.51. The third-order valence-electron chi connectivity index (χ3n) is 6.95. The molecule has 2 atom stereocenters. The zero-order chi connectivity index (χ0) is 16.9. The van der Waals surface area contributed by atoms with Crippen LogP contribution < -0.4 is 5.56 Å². The highest BCUT2D eigenvalue weighted by Gasteiger charge is 2.38. The van der Waals surface area contributed by atoms with Gasteiger partial charge in [0.2, 0.25) is 0 Å². The quantitative estimate of drug-likeness (QED) is 0.782. The molecule has 0 amide bonds. The first kappa shape index (κ1) is 16.4. The van der Waals surface area contributed by atoms with Gasteiger partial charge in [-0.3, -0.25) is 9.69 Å². The minimum atomic E-state index is 0.196. The van der Waals surface area contributed by atoms with Gasteiger partial charge in [-0.15, -0.1) is 0 Å². The number of hydrogen-bond donors (Lipinski definition) is 0. The second-order valence-corrected chi connectivity index (χ2v) is 9.52. The molecule has 3 heterocycles. The molecule has 1 aromatic heterocycles. The summed E-state index contributed by atoms with van der Waals surface area (Å²) in [6, 6.07) is 6.62. The first-order valence-corrected chi connectivity index (χ1v) is 9.85. The highest BCUT2D eigenvalue weighted by molar-refractivity contribution is 5.17. The molecular weight excluding hydrogens is 296 g/mol. The number of piperidine rings is 1. The summed E-state index contributed by atoms with van der Waals surface area (Å²) in [4.78, 5) is 14.9. The van der Waals surface area contributed by atoms with Gasteiger partial charge in [-0.25, -0.2) is 0 Å².